The van der Waals surface area contributed by atoms with E-state index < -0.39 is 25.7 Å². The van der Waals surface area contributed by atoms with Gasteiger partial charge in [-0.2, -0.15) is 13.5 Å². The fraction of sp³-hybridized carbons (Fsp3) is 0.111. The van der Waals surface area contributed by atoms with Crippen LogP contribution in [-0.2, 0) is 16.5 Å². The highest BCUT2D eigenvalue weighted by Gasteiger charge is 2.19. The molecule has 3 aromatic carbocycles. The lowest BCUT2D eigenvalue weighted by atomic mass is 10.1. The van der Waals surface area contributed by atoms with Gasteiger partial charge in [0.05, 0.1) is 10.6 Å². The molecule has 0 saturated carbocycles. The van der Waals surface area contributed by atoms with Gasteiger partial charge in [0.2, 0.25) is 0 Å². The molecular formula is C18H15N3O6S. The van der Waals surface area contributed by atoms with Crippen LogP contribution in [-0.4, -0.2) is 23.0 Å². The maximum absolute atomic E-state index is 11.6. The fourth-order valence-corrected chi connectivity index (χ4v) is 3.52. The van der Waals surface area contributed by atoms with Gasteiger partial charge in [-0.1, -0.05) is 31.2 Å². The second-order valence-electron chi connectivity index (χ2n) is 5.89. The molecule has 0 aliphatic carbocycles. The van der Waals surface area contributed by atoms with E-state index in [1.54, 1.807) is 12.1 Å². The number of nitro groups is 1. The first-order valence-electron chi connectivity index (χ1n) is 8.13. The highest BCUT2D eigenvalue weighted by Crippen LogP contribution is 2.40. The van der Waals surface area contributed by atoms with Crippen LogP contribution in [0.5, 0.6) is 5.75 Å². The zero-order valence-corrected chi connectivity index (χ0v) is 15.4. The number of rotatable bonds is 5. The lowest BCUT2D eigenvalue weighted by Crippen LogP contribution is -1.99. The summed E-state index contributed by atoms with van der Waals surface area (Å²) in [5, 5.41) is 29.7. The van der Waals surface area contributed by atoms with E-state index in [0.717, 1.165) is 6.07 Å². The fourth-order valence-electron chi connectivity index (χ4n) is 2.80. The number of aryl methyl sites for hydroxylation is 1. The molecule has 0 bridgehead atoms. The first-order chi connectivity index (χ1) is 13.2. The molecule has 0 saturated heterocycles. The summed E-state index contributed by atoms with van der Waals surface area (Å²) >= 11 is 0. The summed E-state index contributed by atoms with van der Waals surface area (Å²) in [5.41, 5.74) is 0.928. The van der Waals surface area contributed by atoms with Crippen LogP contribution >= 0.6 is 0 Å². The molecule has 0 unspecified atom stereocenters. The van der Waals surface area contributed by atoms with Crippen LogP contribution in [0, 0.1) is 10.1 Å². The van der Waals surface area contributed by atoms with Crippen LogP contribution in [0.1, 0.15) is 12.5 Å². The van der Waals surface area contributed by atoms with Crippen molar-refractivity contribution in [3.05, 3.63) is 64.2 Å². The third-order valence-electron chi connectivity index (χ3n) is 4.15. The minimum atomic E-state index is -4.56. The predicted molar refractivity (Wildman–Crippen MR) is 102 cm³/mol. The summed E-state index contributed by atoms with van der Waals surface area (Å²) in [7, 11) is -4.56. The lowest BCUT2D eigenvalue weighted by Gasteiger charge is -2.08. The van der Waals surface area contributed by atoms with Crippen LogP contribution in [0.25, 0.3) is 10.8 Å². The largest absolute Gasteiger partial charge is 0.506 e. The van der Waals surface area contributed by atoms with E-state index in [0.29, 0.717) is 17.7 Å². The number of phenols is 1. The lowest BCUT2D eigenvalue weighted by molar-refractivity contribution is -0.384. The summed E-state index contributed by atoms with van der Waals surface area (Å²) < 4.78 is 32.6. The molecular weight excluding hydrogens is 386 g/mol. The molecule has 144 valence electrons. The number of nitro benzene ring substituents is 1. The number of hydrogen-bond donors (Lipinski definition) is 2. The van der Waals surface area contributed by atoms with E-state index in [9.17, 15) is 28.2 Å². The molecule has 0 aliphatic rings. The number of benzene rings is 3. The van der Waals surface area contributed by atoms with Gasteiger partial charge in [0.25, 0.3) is 15.8 Å². The second kappa shape index (κ2) is 7.33. The Kier molecular flexibility index (Phi) is 5.08. The van der Waals surface area contributed by atoms with Crippen molar-refractivity contribution in [3.63, 3.8) is 0 Å². The third-order valence-corrected chi connectivity index (χ3v) is 5.04. The molecule has 0 aliphatic heterocycles. The SMILES string of the molecule is CCc1cc([N+](=O)[O-])ccc1N=Nc1c(O)cc(S(=O)(=O)O)c2ccccc12. The number of azo groups is 1. The zero-order valence-electron chi connectivity index (χ0n) is 14.6. The Morgan fingerprint density at radius 3 is 2.36 bits per heavy atom. The minimum absolute atomic E-state index is 0.0170. The quantitative estimate of drug-likeness (QED) is 0.275. The van der Waals surface area contributed by atoms with Gasteiger partial charge in [-0.25, -0.2) is 0 Å². The number of aromatic hydroxyl groups is 1. The standard InChI is InChI=1S/C18H15N3O6S/c1-2-11-9-12(21(23)24)7-8-15(11)19-20-18-14-6-4-3-5-13(14)17(10-16(18)22)28(25,26)27/h3-10,22H,2H2,1H3,(H,25,26,27). The Morgan fingerprint density at radius 1 is 1.07 bits per heavy atom. The first-order valence-corrected chi connectivity index (χ1v) is 9.57. The van der Waals surface area contributed by atoms with E-state index in [4.69, 9.17) is 0 Å². The monoisotopic (exact) mass is 401 g/mol. The van der Waals surface area contributed by atoms with Gasteiger partial charge in [0.1, 0.15) is 16.3 Å². The molecule has 9 nitrogen and oxygen atoms in total. The maximum atomic E-state index is 11.6. The van der Waals surface area contributed by atoms with Crippen molar-refractivity contribution in [3.8, 4) is 5.75 Å². The van der Waals surface area contributed by atoms with E-state index in [2.05, 4.69) is 10.2 Å². The molecule has 0 heterocycles. The van der Waals surface area contributed by atoms with Gasteiger partial charge in [-0.15, -0.1) is 5.11 Å². The highest BCUT2D eigenvalue weighted by molar-refractivity contribution is 7.86. The summed E-state index contributed by atoms with van der Waals surface area (Å²) in [6, 6.07) is 11.3. The Balaban J connectivity index is 2.16. The van der Waals surface area contributed by atoms with Gasteiger partial charge < -0.3 is 5.11 Å². The Morgan fingerprint density at radius 2 is 1.75 bits per heavy atom. The molecule has 0 spiro atoms. The second-order valence-corrected chi connectivity index (χ2v) is 7.28. The molecule has 10 heteroatoms. The highest BCUT2D eigenvalue weighted by atomic mass is 32.2. The van der Waals surface area contributed by atoms with Crippen molar-refractivity contribution in [2.24, 2.45) is 10.2 Å². The Hall–Kier alpha value is -3.37. The average Bonchev–Trinajstić information content (AvgIpc) is 2.65. The number of phenolic OH excluding ortho intramolecular Hbond substituents is 1. The number of non-ortho nitro benzene ring substituents is 1. The van der Waals surface area contributed by atoms with E-state index in [-0.39, 0.29) is 22.1 Å². The molecule has 28 heavy (non-hydrogen) atoms. The molecule has 2 N–H and O–H groups in total. The average molecular weight is 401 g/mol. The summed E-state index contributed by atoms with van der Waals surface area (Å²) in [6.07, 6.45) is 0.477. The van der Waals surface area contributed by atoms with Crippen molar-refractivity contribution in [2.75, 3.05) is 0 Å². The molecule has 0 fully saturated rings. The van der Waals surface area contributed by atoms with Crippen molar-refractivity contribution in [2.45, 2.75) is 18.2 Å². The predicted octanol–water partition coefficient (Wildman–Crippen LogP) is 4.68. The molecule has 0 atom stereocenters. The van der Waals surface area contributed by atoms with Crippen LogP contribution in [0.2, 0.25) is 0 Å². The summed E-state index contributed by atoms with van der Waals surface area (Å²) in [5.74, 6) is -0.477. The van der Waals surface area contributed by atoms with E-state index in [1.165, 1.54) is 30.3 Å². The van der Waals surface area contributed by atoms with Gasteiger partial charge in [0.15, 0.2) is 0 Å². The summed E-state index contributed by atoms with van der Waals surface area (Å²) in [6.45, 7) is 1.81. The third kappa shape index (κ3) is 3.68. The maximum Gasteiger partial charge on any atom is 0.295 e. The molecule has 3 rings (SSSR count). The molecule has 0 amide bonds. The number of hydrogen-bond acceptors (Lipinski definition) is 7. The van der Waals surface area contributed by atoms with Crippen LogP contribution < -0.4 is 0 Å². The Labute approximate surface area is 159 Å². The van der Waals surface area contributed by atoms with Crippen molar-refractivity contribution in [1.82, 2.24) is 0 Å². The molecule has 3 aromatic rings. The zero-order chi connectivity index (χ0) is 20.5. The van der Waals surface area contributed by atoms with Crippen LogP contribution in [0.3, 0.4) is 0 Å². The van der Waals surface area contributed by atoms with Crippen molar-refractivity contribution < 1.29 is 23.0 Å². The summed E-state index contributed by atoms with van der Waals surface area (Å²) in [4.78, 5) is 9.97. The van der Waals surface area contributed by atoms with Gasteiger partial charge in [0, 0.05) is 29.0 Å². The minimum Gasteiger partial charge on any atom is -0.506 e. The van der Waals surface area contributed by atoms with Crippen molar-refractivity contribution >= 4 is 38.0 Å². The number of fused-ring (bicyclic) bond motifs is 1. The molecule has 0 radical (unpaired) electrons. The van der Waals surface area contributed by atoms with E-state index in [1.807, 2.05) is 6.92 Å². The first kappa shape index (κ1) is 19.4. The topological polar surface area (TPSA) is 142 Å². The molecule has 0 aromatic heterocycles. The van der Waals surface area contributed by atoms with Crippen LogP contribution in [0.15, 0.2) is 63.7 Å². The smallest absolute Gasteiger partial charge is 0.295 e. The number of nitrogens with zero attached hydrogens (tertiary/aromatic N) is 3. The van der Waals surface area contributed by atoms with Gasteiger partial charge >= 0.3 is 0 Å². The van der Waals surface area contributed by atoms with Gasteiger partial charge in [-0.05, 0) is 18.1 Å². The Bertz CT molecular complexity index is 1220. The van der Waals surface area contributed by atoms with E-state index >= 15 is 0 Å². The van der Waals surface area contributed by atoms with Gasteiger partial charge in [-0.3, -0.25) is 14.7 Å². The van der Waals surface area contributed by atoms with Crippen LogP contribution in [0.4, 0.5) is 17.1 Å². The normalized spacial score (nSPS) is 11.9. The van der Waals surface area contributed by atoms with Crippen molar-refractivity contribution in [1.29, 1.82) is 0 Å².